The molecule has 3 nitrogen and oxygen atoms in total. The Morgan fingerprint density at radius 3 is 2.48 bits per heavy atom. The van der Waals surface area contributed by atoms with E-state index in [0.717, 1.165) is 4.47 Å². The molecule has 0 saturated carbocycles. The molecule has 0 spiro atoms. The number of carbonyl (C=O) groups excluding carboxylic acids is 1. The average Bonchev–Trinajstić information content (AvgIpc) is 2.48. The molecule has 0 aliphatic rings. The van der Waals surface area contributed by atoms with Crippen molar-refractivity contribution in [3.05, 3.63) is 70.2 Å². The Morgan fingerprint density at radius 2 is 1.86 bits per heavy atom. The second-order valence-corrected chi connectivity index (χ2v) is 6.18. The molecule has 1 atom stereocenters. The largest absolute Gasteiger partial charge is 0.346 e. The maximum atomic E-state index is 12.2. The highest BCUT2D eigenvalue weighted by atomic mass is 79.9. The van der Waals surface area contributed by atoms with Gasteiger partial charge >= 0.3 is 0 Å². The fourth-order valence-corrected chi connectivity index (χ4v) is 2.67. The minimum Gasteiger partial charge on any atom is -0.346 e. The molecule has 4 heteroatoms. The van der Waals surface area contributed by atoms with Crippen LogP contribution in [0.15, 0.2) is 59.1 Å². The highest BCUT2D eigenvalue weighted by molar-refractivity contribution is 9.10. The molecule has 21 heavy (non-hydrogen) atoms. The predicted molar refractivity (Wildman–Crippen MR) is 88.5 cm³/mol. The number of likely N-dealkylation sites (N-methyl/N-ethyl adjacent to an activating group) is 1. The van der Waals surface area contributed by atoms with Crippen LogP contribution in [-0.4, -0.2) is 26.5 Å². The highest BCUT2D eigenvalue weighted by Crippen LogP contribution is 2.12. The van der Waals surface area contributed by atoms with E-state index < -0.39 is 0 Å². The molecule has 0 heterocycles. The van der Waals surface area contributed by atoms with Gasteiger partial charge in [-0.1, -0.05) is 52.3 Å². The molecular formula is C17H20BrN2O+. The van der Waals surface area contributed by atoms with Gasteiger partial charge in [0.25, 0.3) is 5.91 Å². The molecule has 0 bridgehead atoms. The van der Waals surface area contributed by atoms with Crippen LogP contribution in [0.1, 0.15) is 22.0 Å². The number of hydrogen-bond donors (Lipinski definition) is 2. The number of benzene rings is 2. The summed E-state index contributed by atoms with van der Waals surface area (Å²) in [6.45, 7) is 0.609. The van der Waals surface area contributed by atoms with E-state index >= 15 is 0 Å². The summed E-state index contributed by atoms with van der Waals surface area (Å²) in [4.78, 5) is 13.5. The summed E-state index contributed by atoms with van der Waals surface area (Å²) in [5, 5.41) is 3.03. The molecule has 0 aromatic heterocycles. The van der Waals surface area contributed by atoms with Crippen LogP contribution in [0.2, 0.25) is 0 Å². The van der Waals surface area contributed by atoms with Gasteiger partial charge in [0.2, 0.25) is 0 Å². The fraction of sp³-hybridized carbons (Fsp3) is 0.235. The van der Waals surface area contributed by atoms with E-state index in [0.29, 0.717) is 12.1 Å². The molecule has 2 N–H and O–H groups in total. The number of carbonyl (C=O) groups is 1. The van der Waals surface area contributed by atoms with E-state index in [2.05, 4.69) is 47.5 Å². The molecule has 2 rings (SSSR count). The summed E-state index contributed by atoms with van der Waals surface area (Å²) in [7, 11) is 4.20. The minimum absolute atomic E-state index is 0.0431. The van der Waals surface area contributed by atoms with Crippen molar-refractivity contribution in [2.24, 2.45) is 0 Å². The minimum atomic E-state index is -0.0431. The first kappa shape index (κ1) is 15.7. The van der Waals surface area contributed by atoms with Crippen molar-refractivity contribution in [2.45, 2.75) is 6.04 Å². The first-order chi connectivity index (χ1) is 10.1. The van der Waals surface area contributed by atoms with E-state index in [1.165, 1.54) is 10.5 Å². The van der Waals surface area contributed by atoms with Gasteiger partial charge in [-0.05, 0) is 18.2 Å². The van der Waals surface area contributed by atoms with Crippen molar-refractivity contribution in [3.8, 4) is 0 Å². The van der Waals surface area contributed by atoms with Gasteiger partial charge in [-0.2, -0.15) is 0 Å². The molecule has 0 saturated heterocycles. The van der Waals surface area contributed by atoms with E-state index in [9.17, 15) is 4.79 Å². The van der Waals surface area contributed by atoms with Gasteiger partial charge in [0.1, 0.15) is 6.04 Å². The Kier molecular flexibility index (Phi) is 5.53. The first-order valence-corrected chi connectivity index (χ1v) is 7.76. The lowest BCUT2D eigenvalue weighted by molar-refractivity contribution is -0.890. The summed E-state index contributed by atoms with van der Waals surface area (Å²) >= 11 is 3.39. The summed E-state index contributed by atoms with van der Waals surface area (Å²) < 4.78 is 0.910. The zero-order chi connectivity index (χ0) is 15.2. The van der Waals surface area contributed by atoms with E-state index in [1.807, 2.05) is 42.5 Å². The fourth-order valence-electron chi connectivity index (χ4n) is 2.27. The standard InChI is InChI=1S/C17H19BrN2O/c1-20(2)16(13-7-4-3-5-8-13)12-19-17(21)14-9-6-10-15(18)11-14/h3-11,16H,12H2,1-2H3,(H,19,21)/p+1/t16-/m0/s1. The molecule has 1 amide bonds. The lowest BCUT2D eigenvalue weighted by atomic mass is 10.1. The quantitative estimate of drug-likeness (QED) is 0.852. The van der Waals surface area contributed by atoms with Crippen molar-refractivity contribution < 1.29 is 9.69 Å². The molecular weight excluding hydrogens is 328 g/mol. The Morgan fingerprint density at radius 1 is 1.14 bits per heavy atom. The average molecular weight is 348 g/mol. The van der Waals surface area contributed by atoms with Gasteiger partial charge in [0, 0.05) is 15.6 Å². The van der Waals surface area contributed by atoms with Crippen LogP contribution in [0.25, 0.3) is 0 Å². The van der Waals surface area contributed by atoms with Crippen molar-refractivity contribution in [1.82, 2.24) is 5.32 Å². The Bertz CT molecular complexity index is 599. The molecule has 0 radical (unpaired) electrons. The lowest BCUT2D eigenvalue weighted by Crippen LogP contribution is -3.07. The van der Waals surface area contributed by atoms with Crippen LogP contribution < -0.4 is 10.2 Å². The third kappa shape index (κ3) is 4.41. The van der Waals surface area contributed by atoms with Gasteiger partial charge < -0.3 is 10.2 Å². The monoisotopic (exact) mass is 347 g/mol. The van der Waals surface area contributed by atoms with Gasteiger partial charge in [-0.3, -0.25) is 4.79 Å². The third-order valence-electron chi connectivity index (χ3n) is 3.45. The highest BCUT2D eigenvalue weighted by Gasteiger charge is 2.18. The van der Waals surface area contributed by atoms with E-state index in [-0.39, 0.29) is 11.9 Å². The zero-order valence-electron chi connectivity index (χ0n) is 12.3. The van der Waals surface area contributed by atoms with Crippen molar-refractivity contribution in [1.29, 1.82) is 0 Å². The van der Waals surface area contributed by atoms with Gasteiger partial charge in [0.05, 0.1) is 20.6 Å². The number of rotatable bonds is 5. The number of nitrogens with one attached hydrogen (secondary N) is 2. The molecule has 0 aliphatic heterocycles. The van der Waals surface area contributed by atoms with Gasteiger partial charge in [0.15, 0.2) is 0 Å². The Balaban J connectivity index is 2.04. The van der Waals surface area contributed by atoms with Crippen molar-refractivity contribution >= 4 is 21.8 Å². The summed E-state index contributed by atoms with van der Waals surface area (Å²) in [6, 6.07) is 17.9. The van der Waals surface area contributed by atoms with Crippen molar-refractivity contribution in [2.75, 3.05) is 20.6 Å². The number of halogens is 1. The first-order valence-electron chi connectivity index (χ1n) is 6.96. The van der Waals surface area contributed by atoms with Crippen LogP contribution in [0.5, 0.6) is 0 Å². The number of amides is 1. The summed E-state index contributed by atoms with van der Waals surface area (Å²) in [6.07, 6.45) is 0. The molecule has 2 aromatic carbocycles. The second-order valence-electron chi connectivity index (χ2n) is 5.26. The van der Waals surface area contributed by atoms with Crippen LogP contribution in [0.3, 0.4) is 0 Å². The third-order valence-corrected chi connectivity index (χ3v) is 3.95. The van der Waals surface area contributed by atoms with Crippen LogP contribution in [-0.2, 0) is 0 Å². The Labute approximate surface area is 134 Å². The second kappa shape index (κ2) is 7.38. The topological polar surface area (TPSA) is 33.5 Å². The number of hydrogen-bond acceptors (Lipinski definition) is 1. The smallest absolute Gasteiger partial charge is 0.251 e. The molecule has 0 fully saturated rings. The van der Waals surface area contributed by atoms with Crippen molar-refractivity contribution in [3.63, 3.8) is 0 Å². The van der Waals surface area contributed by atoms with Gasteiger partial charge in [-0.15, -0.1) is 0 Å². The maximum absolute atomic E-state index is 12.2. The predicted octanol–water partition coefficient (Wildman–Crippen LogP) is 2.06. The molecule has 2 aromatic rings. The number of quaternary nitrogens is 1. The summed E-state index contributed by atoms with van der Waals surface area (Å²) in [5.41, 5.74) is 1.90. The molecule has 0 aliphatic carbocycles. The normalized spacial score (nSPS) is 12.2. The summed E-state index contributed by atoms with van der Waals surface area (Å²) in [5.74, 6) is -0.0431. The molecule has 0 unspecified atom stereocenters. The van der Waals surface area contributed by atoms with E-state index in [1.54, 1.807) is 0 Å². The lowest BCUT2D eigenvalue weighted by Gasteiger charge is -2.22. The van der Waals surface area contributed by atoms with Crippen LogP contribution in [0.4, 0.5) is 0 Å². The molecule has 110 valence electrons. The van der Waals surface area contributed by atoms with Crippen LogP contribution in [0, 0.1) is 0 Å². The van der Waals surface area contributed by atoms with Gasteiger partial charge in [-0.25, -0.2) is 0 Å². The van der Waals surface area contributed by atoms with Crippen LogP contribution >= 0.6 is 15.9 Å². The maximum Gasteiger partial charge on any atom is 0.251 e. The van der Waals surface area contributed by atoms with E-state index in [4.69, 9.17) is 0 Å². The SMILES string of the molecule is C[NH+](C)[C@@H](CNC(=O)c1cccc(Br)c1)c1ccccc1. The Hall–Kier alpha value is -1.65. The zero-order valence-corrected chi connectivity index (χ0v) is 13.9.